The van der Waals surface area contributed by atoms with Crippen LogP contribution in [0.4, 0.5) is 5.69 Å². The number of thiophene rings is 1. The van der Waals surface area contributed by atoms with Gasteiger partial charge in [0.2, 0.25) is 10.0 Å². The van der Waals surface area contributed by atoms with Gasteiger partial charge in [-0.05, 0) is 47.4 Å². The Morgan fingerprint density at radius 2 is 1.83 bits per heavy atom. The Hall–Kier alpha value is -1.77. The van der Waals surface area contributed by atoms with Crippen molar-refractivity contribution in [3.8, 4) is 0 Å². The van der Waals surface area contributed by atoms with Gasteiger partial charge in [0.15, 0.2) is 0 Å². The smallest absolute Gasteiger partial charge is 0.258 e. The van der Waals surface area contributed by atoms with Crippen LogP contribution in [0.1, 0.15) is 31.2 Å². The quantitative estimate of drug-likeness (QED) is 0.626. The Labute approximate surface area is 144 Å². The number of nitro benzene ring substituents is 1. The fourth-order valence-electron chi connectivity index (χ4n) is 3.25. The summed E-state index contributed by atoms with van der Waals surface area (Å²) in [4.78, 5) is 10.2. The van der Waals surface area contributed by atoms with E-state index in [4.69, 9.17) is 0 Å². The number of hydrogen-bond acceptors (Lipinski definition) is 5. The molecule has 0 saturated heterocycles. The molecule has 1 fully saturated rings. The van der Waals surface area contributed by atoms with Crippen molar-refractivity contribution >= 4 is 27.0 Å². The summed E-state index contributed by atoms with van der Waals surface area (Å²) in [6, 6.07) is 7.02. The lowest BCUT2D eigenvalue weighted by Crippen LogP contribution is -2.38. The number of sulfonamides is 1. The van der Waals surface area contributed by atoms with Gasteiger partial charge in [-0.15, -0.1) is 0 Å². The number of rotatable bonds is 6. The summed E-state index contributed by atoms with van der Waals surface area (Å²) in [5.41, 5.74) is 0.921. The number of nitrogens with one attached hydrogen (secondary N) is 1. The third-order valence-corrected chi connectivity index (χ3v) is 6.75. The molecule has 3 rings (SSSR count). The van der Waals surface area contributed by atoms with Crippen LogP contribution in [0.3, 0.4) is 0 Å². The molecule has 1 saturated carbocycles. The second kappa shape index (κ2) is 6.62. The highest BCUT2D eigenvalue weighted by Gasteiger charge is 2.37. The molecule has 0 bridgehead atoms. The van der Waals surface area contributed by atoms with Gasteiger partial charge in [0, 0.05) is 24.1 Å². The van der Waals surface area contributed by atoms with E-state index in [1.54, 1.807) is 11.3 Å². The van der Waals surface area contributed by atoms with E-state index in [0.717, 1.165) is 25.7 Å². The van der Waals surface area contributed by atoms with Crippen LogP contribution in [0.5, 0.6) is 0 Å². The molecule has 1 aromatic heterocycles. The molecule has 8 heteroatoms. The average molecular weight is 366 g/mol. The van der Waals surface area contributed by atoms with Crippen LogP contribution in [0.25, 0.3) is 0 Å². The summed E-state index contributed by atoms with van der Waals surface area (Å²) in [6.07, 6.45) is 4.11. The van der Waals surface area contributed by atoms with Crippen LogP contribution in [-0.4, -0.2) is 19.9 Å². The summed E-state index contributed by atoms with van der Waals surface area (Å²) in [5.74, 6) is 0. The van der Waals surface area contributed by atoms with Gasteiger partial charge in [-0.2, -0.15) is 11.3 Å². The van der Waals surface area contributed by atoms with Crippen molar-refractivity contribution in [3.63, 3.8) is 0 Å². The number of benzene rings is 1. The number of non-ortho nitro benzene ring substituents is 1. The van der Waals surface area contributed by atoms with Crippen molar-refractivity contribution in [3.05, 3.63) is 56.8 Å². The highest BCUT2D eigenvalue weighted by atomic mass is 32.2. The molecule has 1 aromatic carbocycles. The fraction of sp³-hybridized carbons (Fsp3) is 0.375. The molecule has 0 radical (unpaired) electrons. The standard InChI is InChI=1S/C16H18N2O4S2/c19-18(20)14-3-5-15(6-4-14)24(21,22)17-12-16(8-1-2-9-16)13-7-10-23-11-13/h3-7,10-11,17H,1-2,8-9,12H2. The van der Waals surface area contributed by atoms with E-state index < -0.39 is 14.9 Å². The molecular weight excluding hydrogens is 348 g/mol. The van der Waals surface area contributed by atoms with Gasteiger partial charge in [0.25, 0.3) is 5.69 Å². The maximum absolute atomic E-state index is 12.5. The monoisotopic (exact) mass is 366 g/mol. The molecule has 0 amide bonds. The predicted molar refractivity (Wildman–Crippen MR) is 92.7 cm³/mol. The molecule has 0 atom stereocenters. The van der Waals surface area contributed by atoms with Gasteiger partial charge in [0.1, 0.15) is 0 Å². The van der Waals surface area contributed by atoms with Gasteiger partial charge in [0.05, 0.1) is 9.82 Å². The molecule has 2 aromatic rings. The molecule has 1 N–H and O–H groups in total. The molecule has 0 spiro atoms. The zero-order valence-electron chi connectivity index (χ0n) is 13.0. The Morgan fingerprint density at radius 1 is 1.17 bits per heavy atom. The molecule has 1 aliphatic carbocycles. The normalized spacial score (nSPS) is 17.0. The highest BCUT2D eigenvalue weighted by Crippen LogP contribution is 2.41. The molecule has 0 unspecified atom stereocenters. The lowest BCUT2D eigenvalue weighted by atomic mass is 9.81. The predicted octanol–water partition coefficient (Wildman–Crippen LogP) is 3.45. The van der Waals surface area contributed by atoms with E-state index >= 15 is 0 Å². The number of nitrogens with zero attached hydrogens (tertiary/aromatic N) is 1. The zero-order chi connectivity index (χ0) is 17.2. The van der Waals surface area contributed by atoms with Crippen molar-refractivity contribution < 1.29 is 13.3 Å². The minimum atomic E-state index is -3.69. The topological polar surface area (TPSA) is 89.3 Å². The highest BCUT2D eigenvalue weighted by molar-refractivity contribution is 7.89. The van der Waals surface area contributed by atoms with E-state index in [9.17, 15) is 18.5 Å². The molecule has 6 nitrogen and oxygen atoms in total. The maximum atomic E-state index is 12.5. The third kappa shape index (κ3) is 3.35. The van der Waals surface area contributed by atoms with Crippen LogP contribution < -0.4 is 4.72 Å². The fourth-order valence-corrected chi connectivity index (χ4v) is 5.16. The van der Waals surface area contributed by atoms with E-state index in [1.807, 2.05) is 5.38 Å². The van der Waals surface area contributed by atoms with Gasteiger partial charge in [-0.1, -0.05) is 12.8 Å². The Balaban J connectivity index is 1.78. The van der Waals surface area contributed by atoms with Crippen LogP contribution in [0.15, 0.2) is 46.0 Å². The molecule has 1 heterocycles. The van der Waals surface area contributed by atoms with E-state index in [1.165, 1.54) is 29.8 Å². The summed E-state index contributed by atoms with van der Waals surface area (Å²) in [5, 5.41) is 14.8. The second-order valence-electron chi connectivity index (χ2n) is 6.08. The summed E-state index contributed by atoms with van der Waals surface area (Å²) in [6.45, 7) is 0.350. The van der Waals surface area contributed by atoms with Gasteiger partial charge < -0.3 is 0 Å². The third-order valence-electron chi connectivity index (χ3n) is 4.65. The summed E-state index contributed by atoms with van der Waals surface area (Å²) in [7, 11) is -3.69. The van der Waals surface area contributed by atoms with Crippen molar-refractivity contribution in [2.75, 3.05) is 6.54 Å². The molecule has 0 aliphatic heterocycles. The largest absolute Gasteiger partial charge is 0.269 e. The summed E-state index contributed by atoms with van der Waals surface area (Å²) >= 11 is 1.62. The minimum Gasteiger partial charge on any atom is -0.258 e. The van der Waals surface area contributed by atoms with E-state index in [-0.39, 0.29) is 16.0 Å². The number of nitro groups is 1. The minimum absolute atomic E-state index is 0.0477. The van der Waals surface area contributed by atoms with Crippen LogP contribution in [0, 0.1) is 10.1 Å². The first kappa shape index (κ1) is 17.1. The van der Waals surface area contributed by atoms with Crippen LogP contribution in [0.2, 0.25) is 0 Å². The first-order valence-corrected chi connectivity index (χ1v) is 10.1. The van der Waals surface area contributed by atoms with Crippen molar-refractivity contribution in [1.29, 1.82) is 0 Å². The Bertz CT molecular complexity index is 808. The van der Waals surface area contributed by atoms with Crippen molar-refractivity contribution in [1.82, 2.24) is 4.72 Å². The molecule has 1 aliphatic rings. The van der Waals surface area contributed by atoms with Crippen molar-refractivity contribution in [2.45, 2.75) is 36.0 Å². The van der Waals surface area contributed by atoms with Gasteiger partial charge >= 0.3 is 0 Å². The lowest BCUT2D eigenvalue weighted by molar-refractivity contribution is -0.384. The van der Waals surface area contributed by atoms with Crippen LogP contribution >= 0.6 is 11.3 Å². The van der Waals surface area contributed by atoms with Crippen LogP contribution in [-0.2, 0) is 15.4 Å². The number of hydrogen-bond donors (Lipinski definition) is 1. The first-order chi connectivity index (χ1) is 11.4. The molecule has 128 valence electrons. The lowest BCUT2D eigenvalue weighted by Gasteiger charge is -2.28. The molecule has 24 heavy (non-hydrogen) atoms. The van der Waals surface area contributed by atoms with Gasteiger partial charge in [-0.25, -0.2) is 13.1 Å². The second-order valence-corrected chi connectivity index (χ2v) is 8.62. The van der Waals surface area contributed by atoms with Crippen molar-refractivity contribution in [2.24, 2.45) is 0 Å². The van der Waals surface area contributed by atoms with E-state index in [2.05, 4.69) is 16.2 Å². The van der Waals surface area contributed by atoms with Gasteiger partial charge in [-0.3, -0.25) is 10.1 Å². The molecular formula is C16H18N2O4S2. The Kier molecular flexibility index (Phi) is 4.71. The maximum Gasteiger partial charge on any atom is 0.269 e. The van der Waals surface area contributed by atoms with E-state index in [0.29, 0.717) is 6.54 Å². The zero-order valence-corrected chi connectivity index (χ0v) is 14.6. The average Bonchev–Trinajstić information content (AvgIpc) is 3.25. The SMILES string of the molecule is O=[N+]([O-])c1ccc(S(=O)(=O)NCC2(c3ccsc3)CCCC2)cc1. The Morgan fingerprint density at radius 3 is 2.38 bits per heavy atom. The summed E-state index contributed by atoms with van der Waals surface area (Å²) < 4.78 is 27.7. The first-order valence-electron chi connectivity index (χ1n) is 7.70.